The lowest BCUT2D eigenvalue weighted by molar-refractivity contribution is 0.131. The summed E-state index contributed by atoms with van der Waals surface area (Å²) in [6.45, 7) is 4.12. The number of aromatic amines is 1. The molecule has 1 amide bonds. The average molecular weight is 455 g/mol. The molecule has 0 radical (unpaired) electrons. The lowest BCUT2D eigenvalue weighted by Gasteiger charge is -2.33. The van der Waals surface area contributed by atoms with Crippen LogP contribution in [0.4, 0.5) is 4.79 Å². The third-order valence-corrected chi connectivity index (χ3v) is 6.68. The quantitative estimate of drug-likeness (QED) is 0.515. The average Bonchev–Trinajstić information content (AvgIpc) is 3.34. The number of pyridine rings is 1. The maximum atomic E-state index is 12.6. The number of hydrogen-bond acceptors (Lipinski definition) is 8. The highest BCUT2D eigenvalue weighted by Crippen LogP contribution is 2.31. The van der Waals surface area contributed by atoms with E-state index < -0.39 is 0 Å². The third kappa shape index (κ3) is 6.19. The largest absolute Gasteiger partial charge is 0.493 e. The zero-order valence-electron chi connectivity index (χ0n) is 17.9. The molecule has 1 aliphatic rings. The van der Waals surface area contributed by atoms with E-state index in [0.29, 0.717) is 36.6 Å². The van der Waals surface area contributed by atoms with Gasteiger partial charge in [-0.2, -0.15) is 0 Å². The summed E-state index contributed by atoms with van der Waals surface area (Å²) in [6, 6.07) is 11.2. The van der Waals surface area contributed by atoms with Crippen LogP contribution < -0.4 is 9.47 Å². The normalized spacial score (nSPS) is 15.3. The van der Waals surface area contributed by atoms with Crippen LogP contribution in [-0.4, -0.2) is 61.5 Å². The summed E-state index contributed by atoms with van der Waals surface area (Å²) in [7, 11) is 0. The Labute approximate surface area is 190 Å². The van der Waals surface area contributed by atoms with E-state index in [4.69, 9.17) is 9.47 Å². The predicted molar refractivity (Wildman–Crippen MR) is 120 cm³/mol. The second-order valence-corrected chi connectivity index (χ2v) is 9.01. The Kier molecular flexibility index (Phi) is 7.55. The molecule has 9 nitrogen and oxygen atoms in total. The first-order chi connectivity index (χ1) is 15.7. The minimum absolute atomic E-state index is 0.294. The van der Waals surface area contributed by atoms with E-state index >= 15 is 0 Å². The van der Waals surface area contributed by atoms with Crippen molar-refractivity contribution >= 4 is 17.9 Å². The Morgan fingerprint density at radius 2 is 1.91 bits per heavy atom. The number of nitrogens with one attached hydrogen (secondary N) is 1. The van der Waals surface area contributed by atoms with E-state index in [9.17, 15) is 4.79 Å². The van der Waals surface area contributed by atoms with Gasteiger partial charge in [0.2, 0.25) is 5.16 Å². The van der Waals surface area contributed by atoms with E-state index in [2.05, 4.69) is 32.5 Å². The highest BCUT2D eigenvalue weighted by Gasteiger charge is 2.28. The number of aromatic nitrogens is 5. The highest BCUT2D eigenvalue weighted by atomic mass is 32.2. The molecule has 32 heavy (non-hydrogen) atoms. The van der Waals surface area contributed by atoms with Crippen molar-refractivity contribution in [1.82, 2.24) is 30.5 Å². The van der Waals surface area contributed by atoms with Gasteiger partial charge in [0.1, 0.15) is 11.5 Å². The minimum atomic E-state index is -0.294. The molecule has 1 atom stereocenters. The molecule has 4 rings (SSSR count). The van der Waals surface area contributed by atoms with Gasteiger partial charge < -0.3 is 14.4 Å². The van der Waals surface area contributed by atoms with Crippen molar-refractivity contribution in [2.24, 2.45) is 5.92 Å². The molecule has 1 N–H and O–H groups in total. The number of thioether (sulfide) groups is 1. The number of likely N-dealkylation sites (tertiary alicyclic amines) is 1. The molecule has 3 heterocycles. The molecule has 0 bridgehead atoms. The molecule has 10 heteroatoms. The number of benzene rings is 1. The summed E-state index contributed by atoms with van der Waals surface area (Å²) in [5.41, 5.74) is 1.12. The van der Waals surface area contributed by atoms with Gasteiger partial charge in [-0.25, -0.2) is 9.89 Å². The number of carbonyl (C=O) groups excluding carboxylic acids is 1. The maximum absolute atomic E-state index is 12.6. The Morgan fingerprint density at radius 3 is 2.59 bits per heavy atom. The van der Waals surface area contributed by atoms with Crippen molar-refractivity contribution in [3.8, 4) is 11.5 Å². The zero-order chi connectivity index (χ0) is 22.2. The van der Waals surface area contributed by atoms with Crippen molar-refractivity contribution in [1.29, 1.82) is 0 Å². The number of hydrogen-bond donors (Lipinski definition) is 1. The summed E-state index contributed by atoms with van der Waals surface area (Å²) < 4.78 is 11.3. The zero-order valence-corrected chi connectivity index (χ0v) is 18.7. The number of piperidine rings is 1. The van der Waals surface area contributed by atoms with Crippen molar-refractivity contribution in [3.05, 3.63) is 54.4 Å². The number of ether oxygens (including phenoxy) is 2. The summed E-state index contributed by atoms with van der Waals surface area (Å²) in [5.74, 6) is 1.86. The Balaban J connectivity index is 1.18. The molecular formula is C22H26N6O3S. The topological polar surface area (TPSA) is 106 Å². The van der Waals surface area contributed by atoms with Crippen molar-refractivity contribution in [2.75, 3.05) is 19.7 Å². The molecule has 2 aromatic heterocycles. The summed E-state index contributed by atoms with van der Waals surface area (Å²) in [6.07, 6.45) is 5.75. The number of amides is 1. The highest BCUT2D eigenvalue weighted by molar-refractivity contribution is 7.99. The van der Waals surface area contributed by atoms with Gasteiger partial charge in [0.25, 0.3) is 0 Å². The number of tetrazole rings is 1. The van der Waals surface area contributed by atoms with Crippen LogP contribution in [0.5, 0.6) is 11.5 Å². The van der Waals surface area contributed by atoms with E-state index in [1.807, 2.05) is 36.4 Å². The van der Waals surface area contributed by atoms with Crippen molar-refractivity contribution in [2.45, 2.75) is 36.6 Å². The standard InChI is InChI=1S/C22H26N6O3S/c1-16(32-21-24-26-27-25-21)18-8-13-28(14-9-18)22(29)31-20-4-2-17(3-5-20)10-15-30-19-6-11-23-12-7-19/h2-7,11-12,16,18H,8-10,13-15H2,1H3,(H,24,25,26,27). The van der Waals surface area contributed by atoms with Crippen LogP contribution in [0.3, 0.4) is 0 Å². The van der Waals surface area contributed by atoms with Crippen LogP contribution >= 0.6 is 11.8 Å². The van der Waals surface area contributed by atoms with Gasteiger partial charge >= 0.3 is 6.09 Å². The van der Waals surface area contributed by atoms with Gasteiger partial charge in [-0.15, -0.1) is 5.10 Å². The fourth-order valence-corrected chi connectivity index (χ4v) is 4.63. The summed E-state index contributed by atoms with van der Waals surface area (Å²) >= 11 is 1.64. The maximum Gasteiger partial charge on any atom is 0.415 e. The van der Waals surface area contributed by atoms with Gasteiger partial charge in [0.05, 0.1) is 6.61 Å². The molecule has 1 saturated heterocycles. The van der Waals surface area contributed by atoms with Crippen LogP contribution in [0.1, 0.15) is 25.3 Å². The third-order valence-electron chi connectivity index (χ3n) is 5.52. The van der Waals surface area contributed by atoms with Gasteiger partial charge in [0.15, 0.2) is 0 Å². The number of H-pyrrole nitrogens is 1. The van der Waals surface area contributed by atoms with Crippen molar-refractivity contribution < 1.29 is 14.3 Å². The van der Waals surface area contributed by atoms with Gasteiger partial charge in [-0.1, -0.05) is 30.8 Å². The Morgan fingerprint density at radius 1 is 1.16 bits per heavy atom. The smallest absolute Gasteiger partial charge is 0.415 e. The van der Waals surface area contributed by atoms with Gasteiger partial charge in [-0.05, 0) is 59.0 Å². The predicted octanol–water partition coefficient (Wildman–Crippen LogP) is 3.61. The molecule has 0 saturated carbocycles. The number of carbonyl (C=O) groups is 1. The lowest BCUT2D eigenvalue weighted by atomic mass is 9.94. The molecule has 0 aliphatic carbocycles. The molecule has 1 unspecified atom stereocenters. The SMILES string of the molecule is CC(Sc1nnn[nH]1)C1CCN(C(=O)Oc2ccc(CCOc3ccncc3)cc2)CC1. The molecule has 3 aromatic rings. The fourth-order valence-electron chi connectivity index (χ4n) is 3.63. The number of nitrogens with zero attached hydrogens (tertiary/aromatic N) is 5. The fraction of sp³-hybridized carbons (Fsp3) is 0.409. The molecule has 1 aliphatic heterocycles. The van der Waals surface area contributed by atoms with Crippen LogP contribution in [0, 0.1) is 5.92 Å². The minimum Gasteiger partial charge on any atom is -0.493 e. The van der Waals surface area contributed by atoms with Crippen LogP contribution in [0.25, 0.3) is 0 Å². The molecule has 1 aromatic carbocycles. The Bertz CT molecular complexity index is 963. The first-order valence-electron chi connectivity index (χ1n) is 10.7. The van der Waals surface area contributed by atoms with Crippen LogP contribution in [0.2, 0.25) is 0 Å². The Hall–Kier alpha value is -3.14. The van der Waals surface area contributed by atoms with E-state index in [-0.39, 0.29) is 6.09 Å². The van der Waals surface area contributed by atoms with Crippen LogP contribution in [0.15, 0.2) is 53.9 Å². The first-order valence-corrected chi connectivity index (χ1v) is 11.5. The number of rotatable bonds is 8. The first kappa shape index (κ1) is 22.1. The van der Waals surface area contributed by atoms with Crippen LogP contribution in [-0.2, 0) is 6.42 Å². The van der Waals surface area contributed by atoms with E-state index in [1.165, 1.54) is 0 Å². The second-order valence-electron chi connectivity index (χ2n) is 7.65. The van der Waals surface area contributed by atoms with E-state index in [0.717, 1.165) is 35.7 Å². The summed E-state index contributed by atoms with van der Waals surface area (Å²) in [5, 5.41) is 15.0. The van der Waals surface area contributed by atoms with Gasteiger partial charge in [0, 0.05) is 37.2 Å². The van der Waals surface area contributed by atoms with Crippen molar-refractivity contribution in [3.63, 3.8) is 0 Å². The van der Waals surface area contributed by atoms with Gasteiger partial charge in [-0.3, -0.25) is 4.98 Å². The second kappa shape index (κ2) is 10.9. The summed E-state index contributed by atoms with van der Waals surface area (Å²) in [4.78, 5) is 18.3. The molecular weight excluding hydrogens is 428 g/mol. The molecule has 0 spiro atoms. The lowest BCUT2D eigenvalue weighted by Crippen LogP contribution is -2.41. The molecule has 168 valence electrons. The monoisotopic (exact) mass is 454 g/mol. The van der Waals surface area contributed by atoms with E-state index in [1.54, 1.807) is 29.1 Å². The molecule has 1 fully saturated rings.